The maximum absolute atomic E-state index is 12.6. The summed E-state index contributed by atoms with van der Waals surface area (Å²) in [5, 5.41) is 0. The summed E-state index contributed by atoms with van der Waals surface area (Å²) in [6.07, 6.45) is 1.54. The molecule has 2 aliphatic heterocycles. The highest BCUT2D eigenvalue weighted by Crippen LogP contribution is 2.31. The summed E-state index contributed by atoms with van der Waals surface area (Å²) < 4.78 is 11.4. The standard InChI is InChI=1S/C18H26N2O3/c1-14-5-4-6-16(15(14)2)19(3)13-17(21)20-9-7-18(8-10-20)22-11-12-23-18/h4-6H,7-13H2,1-3H3. The Kier molecular flexibility index (Phi) is 4.60. The van der Waals surface area contributed by atoms with Gasteiger partial charge in [0.25, 0.3) is 0 Å². The zero-order chi connectivity index (χ0) is 16.4. The molecule has 0 aromatic heterocycles. The molecule has 2 heterocycles. The maximum Gasteiger partial charge on any atom is 0.242 e. The Morgan fingerprint density at radius 1 is 1.22 bits per heavy atom. The maximum atomic E-state index is 12.6. The minimum absolute atomic E-state index is 0.168. The molecule has 5 heteroatoms. The molecule has 1 spiro atoms. The van der Waals surface area contributed by atoms with E-state index in [1.54, 1.807) is 0 Å². The van der Waals surface area contributed by atoms with Gasteiger partial charge >= 0.3 is 0 Å². The second-order valence-electron chi connectivity index (χ2n) is 6.56. The SMILES string of the molecule is Cc1cccc(N(C)CC(=O)N2CCC3(CC2)OCCO3)c1C. The fourth-order valence-electron chi connectivity index (χ4n) is 3.42. The molecule has 1 amide bonds. The average Bonchev–Trinajstić information content (AvgIpc) is 2.98. The summed E-state index contributed by atoms with van der Waals surface area (Å²) in [6.45, 7) is 7.36. The number of aryl methyl sites for hydroxylation is 1. The molecule has 0 aliphatic carbocycles. The zero-order valence-corrected chi connectivity index (χ0v) is 14.3. The predicted octanol–water partition coefficient (Wildman–Crippen LogP) is 2.11. The van der Waals surface area contributed by atoms with Crippen LogP contribution in [-0.2, 0) is 14.3 Å². The van der Waals surface area contributed by atoms with Crippen LogP contribution in [0.25, 0.3) is 0 Å². The minimum Gasteiger partial charge on any atom is -0.365 e. The number of benzene rings is 1. The second kappa shape index (κ2) is 6.49. The first-order valence-corrected chi connectivity index (χ1v) is 8.34. The molecular weight excluding hydrogens is 292 g/mol. The lowest BCUT2D eigenvalue weighted by Gasteiger charge is -2.38. The highest BCUT2D eigenvalue weighted by molar-refractivity contribution is 5.82. The molecule has 0 saturated carbocycles. The van der Waals surface area contributed by atoms with Crippen molar-refractivity contribution < 1.29 is 14.3 Å². The van der Waals surface area contributed by atoms with Crippen molar-refractivity contribution in [2.45, 2.75) is 32.5 Å². The van der Waals surface area contributed by atoms with Gasteiger partial charge in [-0.3, -0.25) is 4.79 Å². The Labute approximate surface area is 138 Å². The Balaban J connectivity index is 1.58. The van der Waals surface area contributed by atoms with Gasteiger partial charge in [0.05, 0.1) is 19.8 Å². The first-order chi connectivity index (χ1) is 11.0. The lowest BCUT2D eigenvalue weighted by molar-refractivity contribution is -0.187. The number of hydrogen-bond donors (Lipinski definition) is 0. The zero-order valence-electron chi connectivity index (χ0n) is 14.3. The van der Waals surface area contributed by atoms with Gasteiger partial charge in [-0.25, -0.2) is 0 Å². The normalized spacial score (nSPS) is 20.0. The van der Waals surface area contributed by atoms with Gasteiger partial charge < -0.3 is 19.3 Å². The highest BCUT2D eigenvalue weighted by atomic mass is 16.7. The van der Waals surface area contributed by atoms with E-state index < -0.39 is 5.79 Å². The molecule has 3 rings (SSSR count). The van der Waals surface area contributed by atoms with Crippen LogP contribution in [0.1, 0.15) is 24.0 Å². The smallest absolute Gasteiger partial charge is 0.242 e. The van der Waals surface area contributed by atoms with Crippen molar-refractivity contribution in [1.82, 2.24) is 4.90 Å². The molecule has 2 fully saturated rings. The number of ether oxygens (including phenoxy) is 2. The van der Waals surface area contributed by atoms with E-state index in [0.717, 1.165) is 18.5 Å². The number of amides is 1. The van der Waals surface area contributed by atoms with Crippen LogP contribution in [-0.4, -0.2) is 56.5 Å². The Bertz CT molecular complexity index is 572. The van der Waals surface area contributed by atoms with Gasteiger partial charge in [0, 0.05) is 38.7 Å². The quantitative estimate of drug-likeness (QED) is 0.856. The first kappa shape index (κ1) is 16.3. The number of likely N-dealkylation sites (N-methyl/N-ethyl adjacent to an activating group) is 1. The predicted molar refractivity (Wildman–Crippen MR) is 89.6 cm³/mol. The number of carbonyl (C=O) groups is 1. The van der Waals surface area contributed by atoms with Crippen LogP contribution >= 0.6 is 0 Å². The topological polar surface area (TPSA) is 42.0 Å². The number of piperidine rings is 1. The third-order valence-electron chi connectivity index (χ3n) is 5.05. The molecule has 126 valence electrons. The molecule has 0 radical (unpaired) electrons. The van der Waals surface area contributed by atoms with E-state index in [-0.39, 0.29) is 5.91 Å². The van der Waals surface area contributed by atoms with Gasteiger partial charge in [0.1, 0.15) is 0 Å². The molecule has 0 unspecified atom stereocenters. The lowest BCUT2D eigenvalue weighted by Crippen LogP contribution is -2.49. The minimum atomic E-state index is -0.421. The number of rotatable bonds is 3. The number of carbonyl (C=O) groups excluding carboxylic acids is 1. The Hall–Kier alpha value is -1.59. The Morgan fingerprint density at radius 3 is 2.52 bits per heavy atom. The summed E-state index contributed by atoms with van der Waals surface area (Å²) in [6, 6.07) is 6.21. The van der Waals surface area contributed by atoms with Gasteiger partial charge in [-0.05, 0) is 31.0 Å². The molecular formula is C18H26N2O3. The van der Waals surface area contributed by atoms with Crippen molar-refractivity contribution in [1.29, 1.82) is 0 Å². The van der Waals surface area contributed by atoms with E-state index in [4.69, 9.17) is 9.47 Å². The molecule has 0 atom stereocenters. The third kappa shape index (κ3) is 3.35. The van der Waals surface area contributed by atoms with Gasteiger partial charge in [0.2, 0.25) is 5.91 Å². The monoisotopic (exact) mass is 318 g/mol. The van der Waals surface area contributed by atoms with Gasteiger partial charge in [-0.15, -0.1) is 0 Å². The van der Waals surface area contributed by atoms with Crippen molar-refractivity contribution >= 4 is 11.6 Å². The fourth-order valence-corrected chi connectivity index (χ4v) is 3.42. The molecule has 1 aromatic rings. The van der Waals surface area contributed by atoms with E-state index in [0.29, 0.717) is 32.8 Å². The molecule has 1 aromatic carbocycles. The van der Waals surface area contributed by atoms with Crippen molar-refractivity contribution in [3.05, 3.63) is 29.3 Å². The number of nitrogens with zero attached hydrogens (tertiary/aromatic N) is 2. The second-order valence-corrected chi connectivity index (χ2v) is 6.56. The van der Waals surface area contributed by atoms with E-state index in [2.05, 4.69) is 26.0 Å². The number of hydrogen-bond acceptors (Lipinski definition) is 4. The van der Waals surface area contributed by atoms with Crippen molar-refractivity contribution in [3.8, 4) is 0 Å². The molecule has 0 N–H and O–H groups in total. The molecule has 2 aliphatic rings. The molecule has 0 bridgehead atoms. The summed E-state index contributed by atoms with van der Waals surface area (Å²) >= 11 is 0. The third-order valence-corrected chi connectivity index (χ3v) is 5.05. The Morgan fingerprint density at radius 2 is 1.87 bits per heavy atom. The first-order valence-electron chi connectivity index (χ1n) is 8.34. The number of anilines is 1. The van der Waals surface area contributed by atoms with Crippen molar-refractivity contribution in [2.24, 2.45) is 0 Å². The molecule has 2 saturated heterocycles. The van der Waals surface area contributed by atoms with Crippen LogP contribution in [0, 0.1) is 13.8 Å². The van der Waals surface area contributed by atoms with Crippen molar-refractivity contribution in [2.75, 3.05) is 44.8 Å². The summed E-state index contributed by atoms with van der Waals surface area (Å²) in [7, 11) is 1.98. The van der Waals surface area contributed by atoms with E-state index in [1.807, 2.05) is 22.9 Å². The van der Waals surface area contributed by atoms with Crippen molar-refractivity contribution in [3.63, 3.8) is 0 Å². The average molecular weight is 318 g/mol. The largest absolute Gasteiger partial charge is 0.365 e. The van der Waals surface area contributed by atoms with Crippen LogP contribution in [0.15, 0.2) is 18.2 Å². The molecule has 23 heavy (non-hydrogen) atoms. The summed E-state index contributed by atoms with van der Waals surface area (Å²) in [5.74, 6) is -0.253. The van der Waals surface area contributed by atoms with Crippen LogP contribution in [0.5, 0.6) is 0 Å². The van der Waals surface area contributed by atoms with Crippen LogP contribution in [0.4, 0.5) is 5.69 Å². The van der Waals surface area contributed by atoms with Crippen LogP contribution in [0.2, 0.25) is 0 Å². The van der Waals surface area contributed by atoms with E-state index >= 15 is 0 Å². The molecule has 5 nitrogen and oxygen atoms in total. The van der Waals surface area contributed by atoms with Crippen LogP contribution < -0.4 is 4.90 Å². The fraction of sp³-hybridized carbons (Fsp3) is 0.611. The highest BCUT2D eigenvalue weighted by Gasteiger charge is 2.40. The summed E-state index contributed by atoms with van der Waals surface area (Å²) in [5.41, 5.74) is 3.60. The van der Waals surface area contributed by atoms with Gasteiger partial charge in [0.15, 0.2) is 5.79 Å². The van der Waals surface area contributed by atoms with Gasteiger partial charge in [-0.1, -0.05) is 12.1 Å². The van der Waals surface area contributed by atoms with E-state index in [9.17, 15) is 4.79 Å². The van der Waals surface area contributed by atoms with Gasteiger partial charge in [-0.2, -0.15) is 0 Å². The number of likely N-dealkylation sites (tertiary alicyclic amines) is 1. The van der Waals surface area contributed by atoms with Crippen LogP contribution in [0.3, 0.4) is 0 Å². The summed E-state index contributed by atoms with van der Waals surface area (Å²) in [4.78, 5) is 16.6. The lowest BCUT2D eigenvalue weighted by atomic mass is 10.0. The van der Waals surface area contributed by atoms with E-state index in [1.165, 1.54) is 11.1 Å².